The van der Waals surface area contributed by atoms with Gasteiger partial charge in [-0.3, -0.25) is 14.6 Å². The first kappa shape index (κ1) is 28.4. The van der Waals surface area contributed by atoms with Gasteiger partial charge < -0.3 is 25.8 Å². The van der Waals surface area contributed by atoms with Crippen LogP contribution in [0.25, 0.3) is 16.8 Å². The Bertz CT molecular complexity index is 1470. The lowest BCUT2D eigenvalue weighted by Crippen LogP contribution is -2.30. The molecule has 1 aromatic heterocycles. The minimum absolute atomic E-state index is 0.00106. The van der Waals surface area contributed by atoms with E-state index in [9.17, 15) is 9.59 Å². The first-order valence-electron chi connectivity index (χ1n) is 12.5. The molecule has 6 N–H and O–H groups in total. The second kappa shape index (κ2) is 13.0. The number of imidazole rings is 1. The van der Waals surface area contributed by atoms with Crippen molar-refractivity contribution in [1.82, 2.24) is 14.9 Å². The number of nitrogens with two attached hydrogens (primary N) is 2. The van der Waals surface area contributed by atoms with Gasteiger partial charge in [0.2, 0.25) is 0 Å². The van der Waals surface area contributed by atoms with Crippen molar-refractivity contribution >= 4 is 47.6 Å². The average molecular weight is 563 g/mol. The van der Waals surface area contributed by atoms with Crippen molar-refractivity contribution in [2.24, 2.45) is 16.8 Å². The molecule has 1 saturated heterocycles. The number of rotatable bonds is 11. The van der Waals surface area contributed by atoms with Crippen molar-refractivity contribution in [2.75, 3.05) is 24.4 Å². The van der Waals surface area contributed by atoms with Crippen LogP contribution < -0.4 is 22.0 Å². The number of benzene rings is 2. The molecule has 4 rings (SSSR count). The van der Waals surface area contributed by atoms with E-state index < -0.39 is 0 Å². The van der Waals surface area contributed by atoms with Crippen LogP contribution in [0.5, 0.6) is 0 Å². The molecule has 1 atom stereocenters. The molecule has 3 aromatic rings. The highest BCUT2D eigenvalue weighted by molar-refractivity contribution is 6.31. The molecule has 0 spiro atoms. The van der Waals surface area contributed by atoms with Gasteiger partial charge in [0.15, 0.2) is 0 Å². The number of ether oxygens (including phenoxy) is 1. The van der Waals surface area contributed by atoms with Crippen LogP contribution in [0.2, 0.25) is 5.02 Å². The Morgan fingerprint density at radius 3 is 2.88 bits per heavy atom. The molecule has 11 nitrogen and oxygen atoms in total. The number of allylic oxidation sites excluding steroid dienone is 4. The van der Waals surface area contributed by atoms with Crippen LogP contribution in [0.3, 0.4) is 0 Å². The van der Waals surface area contributed by atoms with E-state index in [4.69, 9.17) is 28.0 Å². The van der Waals surface area contributed by atoms with Gasteiger partial charge in [-0.05, 0) is 60.9 Å². The molecule has 1 fully saturated rings. The van der Waals surface area contributed by atoms with E-state index in [0.717, 1.165) is 53.2 Å². The Balaban J connectivity index is 1.61. The van der Waals surface area contributed by atoms with Crippen molar-refractivity contribution in [1.29, 1.82) is 0 Å². The van der Waals surface area contributed by atoms with Crippen molar-refractivity contribution in [3.05, 3.63) is 82.4 Å². The molecule has 40 heavy (non-hydrogen) atoms. The minimum atomic E-state index is 0.00106. The Kier molecular flexibility index (Phi) is 9.20. The van der Waals surface area contributed by atoms with Crippen LogP contribution in [-0.4, -0.2) is 48.1 Å². The number of hydrogen-bond donors (Lipinski definition) is 4. The molecule has 2 heterocycles. The molecule has 12 heteroatoms. The molecule has 0 amide bonds. The summed E-state index contributed by atoms with van der Waals surface area (Å²) in [4.78, 5) is 32.6. The van der Waals surface area contributed by atoms with E-state index in [-0.39, 0.29) is 12.6 Å². The molecule has 0 aliphatic carbocycles. The number of nitrogens with one attached hydrogen (secondary N) is 2. The number of aldehydes is 1. The lowest BCUT2D eigenvalue weighted by atomic mass is 10.0. The number of aromatic nitrogens is 2. The summed E-state index contributed by atoms with van der Waals surface area (Å²) in [6.45, 7) is 0.602. The van der Waals surface area contributed by atoms with Crippen molar-refractivity contribution in [3.8, 4) is 11.3 Å². The number of carbonyl (C=O) groups excluding carboxylic acids is 2. The molecular weight excluding hydrogens is 532 g/mol. The maximum Gasteiger partial charge on any atom is 0.293 e. The first-order valence-corrected chi connectivity index (χ1v) is 12.8. The number of hydrogen-bond acceptors (Lipinski definition) is 9. The van der Waals surface area contributed by atoms with Crippen LogP contribution in [0.4, 0.5) is 11.4 Å². The largest absolute Gasteiger partial charge is 0.463 e. The minimum Gasteiger partial charge on any atom is -0.463 e. The highest BCUT2D eigenvalue weighted by Gasteiger charge is 2.29. The van der Waals surface area contributed by atoms with Gasteiger partial charge in [0.05, 0.1) is 23.6 Å². The number of halogens is 1. The Morgan fingerprint density at radius 1 is 1.32 bits per heavy atom. The van der Waals surface area contributed by atoms with Gasteiger partial charge >= 0.3 is 0 Å². The third kappa shape index (κ3) is 6.16. The Labute approximate surface area is 237 Å². The maximum absolute atomic E-state index is 11.6. The summed E-state index contributed by atoms with van der Waals surface area (Å²) in [6.07, 6.45) is 8.83. The molecule has 1 unspecified atom stereocenters. The third-order valence-corrected chi connectivity index (χ3v) is 7.04. The number of aromatic amines is 1. The summed E-state index contributed by atoms with van der Waals surface area (Å²) in [6, 6.07) is 11.1. The first-order chi connectivity index (χ1) is 19.4. The summed E-state index contributed by atoms with van der Waals surface area (Å²) in [5, 5.41) is 8.36. The maximum atomic E-state index is 11.6. The predicted molar refractivity (Wildman–Crippen MR) is 157 cm³/mol. The van der Waals surface area contributed by atoms with Crippen LogP contribution in [-0.2, 0) is 20.9 Å². The fourth-order valence-electron chi connectivity index (χ4n) is 4.82. The van der Waals surface area contributed by atoms with Crippen LogP contribution in [0, 0.1) is 0 Å². The van der Waals surface area contributed by atoms with Crippen LogP contribution in [0.15, 0.2) is 65.5 Å². The SMILES string of the molecule is CNc1ccc(-c2cnc(C3CC/C(=C/C(=C\C=O)c4cc(Cl)ccc4N(N)/C=N\N)N3C)[nH]2)cc1COC=O. The smallest absolute Gasteiger partial charge is 0.293 e. The Hall–Kier alpha value is -4.61. The van der Waals surface area contributed by atoms with E-state index in [1.54, 1.807) is 24.4 Å². The summed E-state index contributed by atoms with van der Waals surface area (Å²) in [5.74, 6) is 12.2. The van der Waals surface area contributed by atoms with Crippen LogP contribution in [0.1, 0.15) is 35.8 Å². The van der Waals surface area contributed by atoms with Crippen molar-refractivity contribution in [3.63, 3.8) is 0 Å². The van der Waals surface area contributed by atoms with E-state index in [1.807, 2.05) is 38.4 Å². The fraction of sp³-hybridized carbons (Fsp3) is 0.214. The van der Waals surface area contributed by atoms with Gasteiger partial charge in [0.25, 0.3) is 6.47 Å². The molecule has 1 aliphatic rings. The van der Waals surface area contributed by atoms with E-state index in [0.29, 0.717) is 28.3 Å². The van der Waals surface area contributed by atoms with E-state index >= 15 is 0 Å². The number of likely N-dealkylation sites (tertiary alicyclic amines) is 1. The lowest BCUT2D eigenvalue weighted by molar-refractivity contribution is -0.129. The number of anilines is 2. The Morgan fingerprint density at radius 2 is 2.15 bits per heavy atom. The summed E-state index contributed by atoms with van der Waals surface area (Å²) < 4.78 is 4.97. The average Bonchev–Trinajstić information content (AvgIpc) is 3.58. The highest BCUT2D eigenvalue weighted by Crippen LogP contribution is 2.39. The van der Waals surface area contributed by atoms with E-state index in [1.165, 1.54) is 17.4 Å². The predicted octanol–water partition coefficient (Wildman–Crippen LogP) is 3.96. The fourth-order valence-corrected chi connectivity index (χ4v) is 4.99. The molecule has 1 aliphatic heterocycles. The zero-order valence-corrected chi connectivity index (χ0v) is 22.9. The second-order valence-electron chi connectivity index (χ2n) is 9.10. The summed E-state index contributed by atoms with van der Waals surface area (Å²) >= 11 is 6.29. The second-order valence-corrected chi connectivity index (χ2v) is 9.54. The number of hydrazone groups is 1. The quantitative estimate of drug-likeness (QED) is 0.0678. The van der Waals surface area contributed by atoms with E-state index in [2.05, 4.69) is 25.3 Å². The van der Waals surface area contributed by atoms with Gasteiger partial charge in [-0.25, -0.2) is 10.8 Å². The van der Waals surface area contributed by atoms with Gasteiger partial charge in [0, 0.05) is 47.2 Å². The molecule has 208 valence electrons. The zero-order valence-electron chi connectivity index (χ0n) is 22.2. The molecule has 2 aromatic carbocycles. The molecular formula is C28H31ClN8O3. The van der Waals surface area contributed by atoms with Gasteiger partial charge in [0.1, 0.15) is 25.1 Å². The number of carbonyl (C=O) groups is 2. The van der Waals surface area contributed by atoms with Gasteiger partial charge in [-0.1, -0.05) is 17.7 Å². The number of nitrogens with zero attached hydrogens (tertiary/aromatic N) is 4. The molecule has 0 bridgehead atoms. The normalized spacial score (nSPS) is 16.5. The number of H-pyrrole nitrogens is 1. The third-order valence-electron chi connectivity index (χ3n) is 6.81. The highest BCUT2D eigenvalue weighted by atomic mass is 35.5. The summed E-state index contributed by atoms with van der Waals surface area (Å²) in [7, 11) is 3.81. The van der Waals surface area contributed by atoms with Crippen LogP contribution >= 0.6 is 11.6 Å². The summed E-state index contributed by atoms with van der Waals surface area (Å²) in [5.41, 5.74) is 6.42. The van der Waals surface area contributed by atoms with Gasteiger partial charge in [-0.15, -0.1) is 0 Å². The topological polar surface area (TPSA) is 155 Å². The monoisotopic (exact) mass is 562 g/mol. The van der Waals surface area contributed by atoms with Gasteiger partial charge in [-0.2, -0.15) is 5.10 Å². The molecule has 0 saturated carbocycles. The number of hydrazine groups is 1. The zero-order chi connectivity index (χ0) is 28.6. The standard InChI is InChI=1S/C28H31ClN8O3/c1-32-24-6-3-19(11-20(24)15-40-17-39)25-14-33-28(35-25)27-8-5-22(36(27)2)12-18(9-10-38)23-13-21(29)4-7-26(23)37(31)16-34-30/h3-4,6-7,9-14,16-17,27,32H,5,8,15,30-31H2,1-2H3,(H,33,35)/b18-9+,22-12-,34-16-. The van der Waals surface area contributed by atoms with Crippen molar-refractivity contribution < 1.29 is 14.3 Å². The van der Waals surface area contributed by atoms with Crippen molar-refractivity contribution in [2.45, 2.75) is 25.5 Å². The lowest BCUT2D eigenvalue weighted by Gasteiger charge is -2.22. The molecule has 0 radical (unpaired) electrons.